The van der Waals surface area contributed by atoms with Crippen LogP contribution in [0.5, 0.6) is 11.5 Å². The van der Waals surface area contributed by atoms with Crippen molar-refractivity contribution in [1.82, 2.24) is 0 Å². The van der Waals surface area contributed by atoms with Crippen LogP contribution in [-0.2, 0) is 0 Å². The lowest BCUT2D eigenvalue weighted by atomic mass is 9.98. The first-order valence-corrected chi connectivity index (χ1v) is 9.07. The van der Waals surface area contributed by atoms with Gasteiger partial charge in [-0.3, -0.25) is 0 Å². The van der Waals surface area contributed by atoms with E-state index in [-0.39, 0.29) is 0 Å². The first-order valence-electron chi connectivity index (χ1n) is 9.07. The van der Waals surface area contributed by atoms with Gasteiger partial charge in [-0.2, -0.15) is 8.78 Å². The molecule has 0 radical (unpaired) electrons. The molecule has 0 amide bonds. The second-order valence-electron chi connectivity index (χ2n) is 6.87. The lowest BCUT2D eigenvalue weighted by Crippen LogP contribution is -2.31. The summed E-state index contributed by atoms with van der Waals surface area (Å²) in [6, 6.07) is 0.670. The van der Waals surface area contributed by atoms with Gasteiger partial charge in [0.05, 0.1) is 21.5 Å². The monoisotopic (exact) mass is 530 g/mol. The molecule has 0 atom stereocenters. The molecule has 4 aromatic carbocycles. The van der Waals surface area contributed by atoms with Crippen molar-refractivity contribution in [2.45, 2.75) is 0 Å². The summed E-state index contributed by atoms with van der Waals surface area (Å²) in [5.41, 5.74) is 0. The number of hydrogen-bond acceptors (Lipinski definition) is 3. The molecule has 4 rings (SSSR count). The summed E-state index contributed by atoms with van der Waals surface area (Å²) in [4.78, 5) is 0. The molecular weight excluding hydrogens is 527 g/mol. The van der Waals surface area contributed by atoms with E-state index in [4.69, 9.17) is 0 Å². The van der Waals surface area contributed by atoms with Crippen LogP contribution in [0.1, 0.15) is 0 Å². The van der Waals surface area contributed by atoms with Crippen molar-refractivity contribution in [3.8, 4) is 11.5 Å². The van der Waals surface area contributed by atoms with Crippen LogP contribution in [0.4, 0.5) is 52.7 Å². The van der Waals surface area contributed by atoms with E-state index in [0.29, 0.717) is 12.1 Å². The summed E-state index contributed by atoms with van der Waals surface area (Å²) >= 11 is 0. The van der Waals surface area contributed by atoms with Crippen LogP contribution in [0.3, 0.4) is 0 Å². The first-order chi connectivity index (χ1) is 16.8. The van der Waals surface area contributed by atoms with E-state index in [1.54, 1.807) is 0 Å². The maximum Gasteiger partial charge on any atom is 0.785 e. The topological polar surface area (TPSA) is 38.7 Å². The van der Waals surface area contributed by atoms with Crippen molar-refractivity contribution in [3.05, 3.63) is 81.9 Å². The van der Waals surface area contributed by atoms with E-state index in [1.807, 2.05) is 0 Å². The maximum atomic E-state index is 15.1. The average molecular weight is 530 g/mol. The largest absolute Gasteiger partial charge is 0.785 e. The lowest BCUT2D eigenvalue weighted by Gasteiger charge is -2.17. The summed E-state index contributed by atoms with van der Waals surface area (Å²) in [5, 5.41) is 1.84. The fourth-order valence-electron chi connectivity index (χ4n) is 3.29. The number of fused-ring (bicyclic) bond motifs is 2. The second kappa shape index (κ2) is 8.69. The van der Waals surface area contributed by atoms with Crippen LogP contribution in [0.15, 0.2) is 12.1 Å². The van der Waals surface area contributed by atoms with Gasteiger partial charge in [0.25, 0.3) is 0 Å². The van der Waals surface area contributed by atoms with E-state index >= 15 is 4.39 Å². The van der Waals surface area contributed by atoms with Crippen molar-refractivity contribution in [2.75, 3.05) is 0 Å². The van der Waals surface area contributed by atoms with Gasteiger partial charge in [-0.1, -0.05) is 0 Å². The number of rotatable bonds is 4. The molecule has 36 heavy (non-hydrogen) atoms. The van der Waals surface area contributed by atoms with Gasteiger partial charge in [0.1, 0.15) is 17.4 Å². The smallest absolute Gasteiger partial charge is 0.498 e. The molecule has 0 heterocycles. The van der Waals surface area contributed by atoms with Crippen molar-refractivity contribution < 1.29 is 67.0 Å². The van der Waals surface area contributed by atoms with Crippen LogP contribution >= 0.6 is 0 Å². The van der Waals surface area contributed by atoms with Crippen LogP contribution in [0, 0.1) is 69.8 Å². The van der Waals surface area contributed by atoms with Crippen molar-refractivity contribution in [3.63, 3.8) is 0 Å². The zero-order valence-corrected chi connectivity index (χ0v) is 16.5. The molecule has 0 aliphatic rings. The quantitative estimate of drug-likeness (QED) is 0.114. The Balaban J connectivity index is 1.99. The predicted molar refractivity (Wildman–Crippen MR) is 96.6 cm³/mol. The minimum Gasteiger partial charge on any atom is -0.498 e. The van der Waals surface area contributed by atoms with Gasteiger partial charge in [-0.05, 0) is 12.1 Å². The molecule has 16 heteroatoms. The highest BCUT2D eigenvalue weighted by Crippen LogP contribution is 2.43. The van der Waals surface area contributed by atoms with Crippen LogP contribution < -0.4 is 9.31 Å². The number of benzene rings is 4. The fourth-order valence-corrected chi connectivity index (χ4v) is 3.29. The van der Waals surface area contributed by atoms with Crippen LogP contribution in [-0.4, -0.2) is 12.3 Å². The standard InChI is InChI=1S/C20H3BF12O3/c22-3-1-2-4(10(24)9(3)23)35-21(34)36-20-8-7(15(29)18(32)19(20)33)11(25)5-6(12(8)26)14(28)17(31)16(30)13(5)27/h1-2,34H. The van der Waals surface area contributed by atoms with Crippen molar-refractivity contribution in [1.29, 1.82) is 0 Å². The Morgan fingerprint density at radius 3 is 1.42 bits per heavy atom. The van der Waals surface area contributed by atoms with Crippen molar-refractivity contribution in [2.24, 2.45) is 0 Å². The molecule has 0 fully saturated rings. The van der Waals surface area contributed by atoms with E-state index in [1.165, 1.54) is 0 Å². The Hall–Kier alpha value is -3.82. The van der Waals surface area contributed by atoms with Gasteiger partial charge in [0.2, 0.25) is 11.6 Å². The molecule has 0 saturated heterocycles. The molecule has 4 aromatic rings. The second-order valence-corrected chi connectivity index (χ2v) is 6.87. The molecule has 188 valence electrons. The molecule has 0 spiro atoms. The molecule has 0 aliphatic heterocycles. The van der Waals surface area contributed by atoms with Gasteiger partial charge in [-0.25, -0.2) is 43.9 Å². The highest BCUT2D eigenvalue weighted by atomic mass is 19.2. The predicted octanol–water partition coefficient (Wildman–Crippen LogP) is 6.10. The van der Waals surface area contributed by atoms with Crippen LogP contribution in [0.2, 0.25) is 0 Å². The molecule has 0 bridgehead atoms. The summed E-state index contributed by atoms with van der Waals surface area (Å²) in [6.45, 7) is 0. The minimum atomic E-state index is -3.07. The highest BCUT2D eigenvalue weighted by molar-refractivity contribution is 6.37. The average Bonchev–Trinajstić information content (AvgIpc) is 2.84. The normalized spacial score (nSPS) is 11.5. The number of hydrogen-bond donors (Lipinski definition) is 1. The van der Waals surface area contributed by atoms with Gasteiger partial charge < -0.3 is 14.3 Å². The summed E-state index contributed by atoms with van der Waals surface area (Å²) in [7, 11) is -3.07. The molecule has 0 saturated carbocycles. The van der Waals surface area contributed by atoms with E-state index in [0.717, 1.165) is 0 Å². The Bertz CT molecular complexity index is 1590. The van der Waals surface area contributed by atoms with E-state index < -0.39 is 110 Å². The zero-order chi connectivity index (χ0) is 26.8. The molecule has 1 N–H and O–H groups in total. The Morgan fingerprint density at radius 1 is 0.444 bits per heavy atom. The van der Waals surface area contributed by atoms with Crippen molar-refractivity contribution >= 4 is 28.9 Å². The van der Waals surface area contributed by atoms with Gasteiger partial charge in [-0.15, -0.1) is 0 Å². The third kappa shape index (κ3) is 3.54. The SMILES string of the molecule is OB(Oc1ccc(F)c(F)c1F)Oc1c(F)c(F)c(F)c2c(F)c3c(F)c(F)c(F)c(F)c3c(F)c12. The van der Waals surface area contributed by atoms with E-state index in [9.17, 15) is 53.3 Å². The van der Waals surface area contributed by atoms with Gasteiger partial charge in [0.15, 0.2) is 52.3 Å². The highest BCUT2D eigenvalue weighted by Gasteiger charge is 2.36. The molecule has 3 nitrogen and oxygen atoms in total. The molecule has 0 unspecified atom stereocenters. The van der Waals surface area contributed by atoms with Gasteiger partial charge >= 0.3 is 7.32 Å². The Morgan fingerprint density at radius 2 is 0.889 bits per heavy atom. The molecular formula is C20H3BF12O3. The first kappa shape index (κ1) is 25.3. The lowest BCUT2D eigenvalue weighted by molar-refractivity contribution is 0.279. The van der Waals surface area contributed by atoms with E-state index in [2.05, 4.69) is 9.31 Å². The maximum absolute atomic E-state index is 15.1. The van der Waals surface area contributed by atoms with Crippen LogP contribution in [0.25, 0.3) is 21.5 Å². The summed E-state index contributed by atoms with van der Waals surface area (Å²) in [5.74, 6) is -32.2. The third-order valence-corrected chi connectivity index (χ3v) is 4.87. The minimum absolute atomic E-state index is 0.292. The number of halogens is 12. The molecule has 0 aromatic heterocycles. The Kier molecular flexibility index (Phi) is 6.10. The third-order valence-electron chi connectivity index (χ3n) is 4.87. The Labute approximate surface area is 190 Å². The molecule has 0 aliphatic carbocycles. The fraction of sp³-hybridized carbons (Fsp3) is 0. The summed E-state index contributed by atoms with van der Waals surface area (Å²) < 4.78 is 177. The summed E-state index contributed by atoms with van der Waals surface area (Å²) in [6.07, 6.45) is 0. The zero-order valence-electron chi connectivity index (χ0n) is 16.5. The van der Waals surface area contributed by atoms with Gasteiger partial charge in [0, 0.05) is 0 Å².